The van der Waals surface area contributed by atoms with Crippen molar-refractivity contribution in [2.45, 2.75) is 38.8 Å². The molecule has 1 aliphatic rings. The fourth-order valence-electron chi connectivity index (χ4n) is 3.27. The van der Waals surface area contributed by atoms with Gasteiger partial charge >= 0.3 is 12.1 Å². The lowest BCUT2D eigenvalue weighted by molar-refractivity contribution is -0.138. The number of terminal acetylenes is 1. The number of halogens is 3. The number of carboxylic acid groups (broad SMARTS) is 1. The van der Waals surface area contributed by atoms with E-state index in [1.54, 1.807) is 6.92 Å². The molecule has 2 N–H and O–H groups in total. The van der Waals surface area contributed by atoms with Gasteiger partial charge in [-0.2, -0.15) is 13.2 Å². The molecule has 31 heavy (non-hydrogen) atoms. The topological polar surface area (TPSA) is 93.6 Å². The quantitative estimate of drug-likeness (QED) is 0.664. The molecule has 0 radical (unpaired) electrons. The van der Waals surface area contributed by atoms with E-state index in [9.17, 15) is 23.1 Å². The van der Waals surface area contributed by atoms with Crippen LogP contribution in [-0.4, -0.2) is 21.0 Å². The predicted octanol–water partition coefficient (Wildman–Crippen LogP) is 4.04. The van der Waals surface area contributed by atoms with Crippen LogP contribution < -0.4 is 5.32 Å². The molecule has 0 aliphatic carbocycles. The molecule has 162 valence electrons. The SMILES string of the molecule is C#C[C@@H](Nc1nc(C)nc(CC(=O)O)c1C1OC=CO1)c1cccc(C(F)(F)F)c1C. The second kappa shape index (κ2) is 8.55. The molecule has 0 saturated heterocycles. The number of hydrogen-bond acceptors (Lipinski definition) is 6. The van der Waals surface area contributed by atoms with Gasteiger partial charge in [0.05, 0.1) is 23.2 Å². The summed E-state index contributed by atoms with van der Waals surface area (Å²) in [6.45, 7) is 2.88. The monoisotopic (exact) mass is 433 g/mol. The zero-order valence-electron chi connectivity index (χ0n) is 16.5. The first-order valence-corrected chi connectivity index (χ1v) is 9.06. The molecule has 1 aromatic carbocycles. The summed E-state index contributed by atoms with van der Waals surface area (Å²) in [5.41, 5.74) is -0.274. The van der Waals surface area contributed by atoms with Crippen molar-refractivity contribution in [1.29, 1.82) is 0 Å². The molecular formula is C21H18F3N3O4. The Morgan fingerprint density at radius 2 is 1.97 bits per heavy atom. The number of alkyl halides is 3. The van der Waals surface area contributed by atoms with Gasteiger partial charge in [0.25, 0.3) is 6.29 Å². The number of carboxylic acids is 1. The van der Waals surface area contributed by atoms with Crippen molar-refractivity contribution in [2.75, 3.05) is 5.32 Å². The van der Waals surface area contributed by atoms with Crippen molar-refractivity contribution in [3.63, 3.8) is 0 Å². The first-order chi connectivity index (χ1) is 14.6. The average molecular weight is 433 g/mol. The van der Waals surface area contributed by atoms with Crippen LogP contribution in [0.25, 0.3) is 0 Å². The van der Waals surface area contributed by atoms with E-state index in [0.717, 1.165) is 6.07 Å². The maximum Gasteiger partial charge on any atom is 0.416 e. The van der Waals surface area contributed by atoms with Crippen LogP contribution in [-0.2, 0) is 26.9 Å². The van der Waals surface area contributed by atoms with Crippen LogP contribution in [0.2, 0.25) is 0 Å². The van der Waals surface area contributed by atoms with Crippen molar-refractivity contribution in [2.24, 2.45) is 0 Å². The van der Waals surface area contributed by atoms with E-state index in [2.05, 4.69) is 21.2 Å². The van der Waals surface area contributed by atoms with E-state index in [1.807, 2.05) is 0 Å². The Kier molecular flexibility index (Phi) is 6.06. The van der Waals surface area contributed by atoms with Gasteiger partial charge in [-0.15, -0.1) is 6.42 Å². The van der Waals surface area contributed by atoms with Crippen LogP contribution in [0.5, 0.6) is 0 Å². The smallest absolute Gasteiger partial charge is 0.416 e. The highest BCUT2D eigenvalue weighted by Crippen LogP contribution is 2.37. The molecule has 0 unspecified atom stereocenters. The second-order valence-electron chi connectivity index (χ2n) is 6.69. The molecule has 7 nitrogen and oxygen atoms in total. The van der Waals surface area contributed by atoms with Crippen LogP contribution in [0.3, 0.4) is 0 Å². The fraction of sp³-hybridized carbons (Fsp3) is 0.286. The van der Waals surface area contributed by atoms with Gasteiger partial charge in [-0.1, -0.05) is 18.1 Å². The Hall–Kier alpha value is -3.74. The molecular weight excluding hydrogens is 415 g/mol. The molecule has 0 amide bonds. The van der Waals surface area contributed by atoms with Crippen molar-refractivity contribution >= 4 is 11.8 Å². The number of rotatable bonds is 6. The molecule has 0 saturated carbocycles. The van der Waals surface area contributed by atoms with E-state index in [0.29, 0.717) is 0 Å². The van der Waals surface area contributed by atoms with Crippen LogP contribution in [0.4, 0.5) is 19.0 Å². The summed E-state index contributed by atoms with van der Waals surface area (Å²) < 4.78 is 50.7. The lowest BCUT2D eigenvalue weighted by Gasteiger charge is -2.23. The Bertz CT molecular complexity index is 1070. The van der Waals surface area contributed by atoms with Gasteiger partial charge in [0.1, 0.15) is 30.2 Å². The third kappa shape index (κ3) is 4.71. The summed E-state index contributed by atoms with van der Waals surface area (Å²) in [4.78, 5) is 19.8. The molecule has 3 rings (SSSR count). The molecule has 10 heteroatoms. The number of aryl methyl sites for hydroxylation is 1. The summed E-state index contributed by atoms with van der Waals surface area (Å²) in [5, 5.41) is 12.2. The standard InChI is InChI=1S/C21H18F3N3O4/c1-4-15(13-6-5-7-14(11(13)2)21(22,23)24)27-19-18(20-30-8-9-31-20)16(10-17(28)29)25-12(3)26-19/h1,5-9,15,20H,10H2,2-3H3,(H,28,29)(H,25,26,27)/t15-/m1/s1. The normalized spacial score (nSPS) is 14.5. The Balaban J connectivity index is 2.08. The third-order valence-electron chi connectivity index (χ3n) is 4.59. The van der Waals surface area contributed by atoms with Crippen LogP contribution in [0.15, 0.2) is 30.7 Å². The van der Waals surface area contributed by atoms with Gasteiger partial charge in [0, 0.05) is 0 Å². The second-order valence-corrected chi connectivity index (χ2v) is 6.69. The number of aromatic nitrogens is 2. The van der Waals surface area contributed by atoms with Crippen molar-refractivity contribution in [1.82, 2.24) is 9.97 Å². The summed E-state index contributed by atoms with van der Waals surface area (Å²) in [7, 11) is 0. The molecule has 1 atom stereocenters. The van der Waals surface area contributed by atoms with E-state index in [1.165, 1.54) is 31.6 Å². The van der Waals surface area contributed by atoms with Crippen LogP contribution in [0, 0.1) is 26.2 Å². The molecule has 0 bridgehead atoms. The zero-order valence-corrected chi connectivity index (χ0v) is 16.5. The number of benzene rings is 1. The van der Waals surface area contributed by atoms with Gasteiger partial charge in [-0.05, 0) is 31.0 Å². The lowest BCUT2D eigenvalue weighted by Crippen LogP contribution is -2.20. The molecule has 0 fully saturated rings. The van der Waals surface area contributed by atoms with E-state index in [4.69, 9.17) is 15.9 Å². The first-order valence-electron chi connectivity index (χ1n) is 9.06. The van der Waals surface area contributed by atoms with Crippen LogP contribution >= 0.6 is 0 Å². The lowest BCUT2D eigenvalue weighted by atomic mass is 9.96. The van der Waals surface area contributed by atoms with Gasteiger partial charge in [-0.25, -0.2) is 9.97 Å². The highest BCUT2D eigenvalue weighted by atomic mass is 19.4. The molecule has 0 spiro atoms. The maximum atomic E-state index is 13.3. The number of aliphatic carboxylic acids is 1. The van der Waals surface area contributed by atoms with Gasteiger partial charge in [0.15, 0.2) is 0 Å². The van der Waals surface area contributed by atoms with E-state index in [-0.39, 0.29) is 34.0 Å². The van der Waals surface area contributed by atoms with Gasteiger partial charge in [-0.3, -0.25) is 4.79 Å². The van der Waals surface area contributed by atoms with Crippen molar-refractivity contribution < 1.29 is 32.5 Å². The maximum absolute atomic E-state index is 13.3. The highest BCUT2D eigenvalue weighted by Gasteiger charge is 2.34. The minimum absolute atomic E-state index is 0.0291. The summed E-state index contributed by atoms with van der Waals surface area (Å²) in [6, 6.07) is 2.73. The molecule has 1 aromatic heterocycles. The minimum atomic E-state index is -4.54. The fourth-order valence-corrected chi connectivity index (χ4v) is 3.27. The van der Waals surface area contributed by atoms with Crippen molar-refractivity contribution in [3.8, 4) is 12.3 Å². The minimum Gasteiger partial charge on any atom is -0.481 e. The number of nitrogens with zero attached hydrogens (tertiary/aromatic N) is 2. The van der Waals surface area contributed by atoms with E-state index < -0.39 is 36.5 Å². The molecule has 1 aliphatic heterocycles. The Morgan fingerprint density at radius 3 is 2.55 bits per heavy atom. The Morgan fingerprint density at radius 1 is 1.29 bits per heavy atom. The number of anilines is 1. The number of carbonyl (C=O) groups is 1. The zero-order chi connectivity index (χ0) is 22.8. The molecule has 2 aromatic rings. The highest BCUT2D eigenvalue weighted by molar-refractivity contribution is 5.71. The predicted molar refractivity (Wildman–Crippen MR) is 104 cm³/mol. The largest absolute Gasteiger partial charge is 0.481 e. The average Bonchev–Trinajstić information content (AvgIpc) is 3.19. The van der Waals surface area contributed by atoms with Crippen molar-refractivity contribution in [3.05, 3.63) is 64.5 Å². The van der Waals surface area contributed by atoms with Crippen LogP contribution in [0.1, 0.15) is 46.1 Å². The van der Waals surface area contributed by atoms with Gasteiger partial charge < -0.3 is 19.9 Å². The number of hydrogen-bond donors (Lipinski definition) is 2. The number of nitrogens with one attached hydrogen (secondary N) is 1. The third-order valence-corrected chi connectivity index (χ3v) is 4.59. The van der Waals surface area contributed by atoms with E-state index >= 15 is 0 Å². The summed E-state index contributed by atoms with van der Waals surface area (Å²) in [5.74, 6) is 1.64. The summed E-state index contributed by atoms with van der Waals surface area (Å²) >= 11 is 0. The Labute approximate surface area is 175 Å². The molecule has 2 heterocycles. The summed E-state index contributed by atoms with van der Waals surface area (Å²) in [6.07, 6.45) is 2.17. The number of ether oxygens (including phenoxy) is 2. The first kappa shape index (κ1) is 22.0. The van der Waals surface area contributed by atoms with Gasteiger partial charge in [0.2, 0.25) is 0 Å².